The van der Waals surface area contributed by atoms with E-state index in [1.165, 1.54) is 11.3 Å². The summed E-state index contributed by atoms with van der Waals surface area (Å²) in [6.45, 7) is 5.52. The SMILES string of the molecule is Cc1csc(C2(O)C(c3ccccc3)=C(c3ccccc3)C(=O)C2(C)C)n1. The number of nitrogens with zero attached hydrogens (tertiary/aromatic N) is 1. The van der Waals surface area contributed by atoms with Gasteiger partial charge in [0.2, 0.25) is 0 Å². The number of Topliss-reactive ketones (excluding diaryl/α,β-unsaturated/α-hetero) is 1. The summed E-state index contributed by atoms with van der Waals surface area (Å²) in [6.07, 6.45) is 0. The predicted octanol–water partition coefficient (Wildman–Crippen LogP) is 4.86. The Morgan fingerprint density at radius 3 is 2.00 bits per heavy atom. The van der Waals surface area contributed by atoms with Crippen molar-refractivity contribution in [2.75, 3.05) is 0 Å². The van der Waals surface area contributed by atoms with E-state index >= 15 is 0 Å². The molecule has 27 heavy (non-hydrogen) atoms. The molecule has 136 valence electrons. The van der Waals surface area contributed by atoms with Gasteiger partial charge in [-0.1, -0.05) is 60.7 Å². The number of carbonyl (C=O) groups excluding carboxylic acids is 1. The standard InChI is InChI=1S/C23H21NO2S/c1-15-14-27-21(24-15)23(26)19(17-12-8-5-9-13-17)18(20(25)22(23,2)3)16-10-6-4-7-11-16/h4-14,26H,1-3H3. The first-order chi connectivity index (χ1) is 12.9. The predicted molar refractivity (Wildman–Crippen MR) is 109 cm³/mol. The van der Waals surface area contributed by atoms with Crippen LogP contribution in [-0.2, 0) is 10.4 Å². The minimum atomic E-state index is -1.49. The molecule has 1 heterocycles. The summed E-state index contributed by atoms with van der Waals surface area (Å²) >= 11 is 1.40. The molecule has 0 fully saturated rings. The number of rotatable bonds is 3. The molecule has 3 aromatic rings. The van der Waals surface area contributed by atoms with Crippen LogP contribution in [-0.4, -0.2) is 15.9 Å². The van der Waals surface area contributed by atoms with Crippen molar-refractivity contribution < 1.29 is 9.90 Å². The van der Waals surface area contributed by atoms with Gasteiger partial charge in [0.25, 0.3) is 0 Å². The van der Waals surface area contributed by atoms with Crippen LogP contribution in [0.5, 0.6) is 0 Å². The summed E-state index contributed by atoms with van der Waals surface area (Å²) in [5.74, 6) is -0.0668. The van der Waals surface area contributed by atoms with Gasteiger partial charge in [-0.05, 0) is 31.9 Å². The fourth-order valence-electron chi connectivity index (χ4n) is 3.82. The lowest BCUT2D eigenvalue weighted by Crippen LogP contribution is -2.43. The summed E-state index contributed by atoms with van der Waals surface area (Å²) in [4.78, 5) is 18.1. The Morgan fingerprint density at radius 2 is 1.48 bits per heavy atom. The normalized spacial score (nSPS) is 21.7. The number of thiazole rings is 1. The van der Waals surface area contributed by atoms with E-state index in [1.54, 1.807) is 0 Å². The minimum absolute atomic E-state index is 0.0668. The number of aromatic nitrogens is 1. The topological polar surface area (TPSA) is 50.2 Å². The Bertz CT molecular complexity index is 1030. The van der Waals surface area contributed by atoms with Gasteiger partial charge in [-0.3, -0.25) is 4.79 Å². The van der Waals surface area contributed by atoms with Crippen LogP contribution in [0.1, 0.15) is 35.7 Å². The van der Waals surface area contributed by atoms with Crippen LogP contribution in [0.25, 0.3) is 11.1 Å². The molecule has 0 amide bonds. The van der Waals surface area contributed by atoms with Crippen molar-refractivity contribution in [3.05, 3.63) is 87.9 Å². The number of hydrogen-bond donors (Lipinski definition) is 1. The molecule has 1 aliphatic rings. The van der Waals surface area contributed by atoms with Crippen molar-refractivity contribution >= 4 is 28.3 Å². The molecule has 1 atom stereocenters. The zero-order chi connectivity index (χ0) is 19.2. The molecule has 3 nitrogen and oxygen atoms in total. The molecule has 0 spiro atoms. The van der Waals surface area contributed by atoms with Crippen LogP contribution >= 0.6 is 11.3 Å². The highest BCUT2D eigenvalue weighted by Crippen LogP contribution is 2.59. The van der Waals surface area contributed by atoms with Crippen LogP contribution in [0.4, 0.5) is 0 Å². The summed E-state index contributed by atoms with van der Waals surface area (Å²) < 4.78 is 0. The Hall–Kier alpha value is -2.56. The second-order valence-electron chi connectivity index (χ2n) is 7.44. The highest BCUT2D eigenvalue weighted by Gasteiger charge is 2.61. The van der Waals surface area contributed by atoms with E-state index in [4.69, 9.17) is 0 Å². The number of allylic oxidation sites excluding steroid dienone is 1. The van der Waals surface area contributed by atoms with Gasteiger partial charge in [0, 0.05) is 22.2 Å². The molecular formula is C23H21NO2S. The molecule has 4 heteroatoms. The number of hydrogen-bond acceptors (Lipinski definition) is 4. The molecule has 4 rings (SSSR count). The Morgan fingerprint density at radius 1 is 0.926 bits per heavy atom. The van der Waals surface area contributed by atoms with Crippen LogP contribution < -0.4 is 0 Å². The monoisotopic (exact) mass is 375 g/mol. The third-order valence-corrected chi connectivity index (χ3v) is 6.43. The second-order valence-corrected chi connectivity index (χ2v) is 8.30. The first-order valence-corrected chi connectivity index (χ1v) is 9.80. The molecule has 0 radical (unpaired) electrons. The van der Waals surface area contributed by atoms with E-state index in [1.807, 2.05) is 86.8 Å². The third-order valence-electron chi connectivity index (χ3n) is 5.36. The van der Waals surface area contributed by atoms with Crippen LogP contribution in [0.3, 0.4) is 0 Å². The molecule has 1 N–H and O–H groups in total. The minimum Gasteiger partial charge on any atom is -0.377 e. The molecule has 1 aromatic heterocycles. The van der Waals surface area contributed by atoms with E-state index in [-0.39, 0.29) is 5.78 Å². The lowest BCUT2D eigenvalue weighted by atomic mass is 9.73. The quantitative estimate of drug-likeness (QED) is 0.711. The Labute approximate surface area is 163 Å². The van der Waals surface area contributed by atoms with Crippen LogP contribution in [0.2, 0.25) is 0 Å². The van der Waals surface area contributed by atoms with Crippen molar-refractivity contribution in [1.29, 1.82) is 0 Å². The first-order valence-electron chi connectivity index (χ1n) is 8.92. The largest absolute Gasteiger partial charge is 0.377 e. The van der Waals surface area contributed by atoms with Gasteiger partial charge in [0.15, 0.2) is 11.4 Å². The molecule has 0 aliphatic heterocycles. The smallest absolute Gasteiger partial charge is 0.173 e. The summed E-state index contributed by atoms with van der Waals surface area (Å²) in [5, 5.41) is 14.6. The van der Waals surface area contributed by atoms with Crippen molar-refractivity contribution in [2.45, 2.75) is 26.4 Å². The zero-order valence-electron chi connectivity index (χ0n) is 15.6. The van der Waals surface area contributed by atoms with Crippen LogP contribution in [0.15, 0.2) is 66.0 Å². The maximum Gasteiger partial charge on any atom is 0.173 e. The fourth-order valence-corrected chi connectivity index (χ4v) is 4.88. The number of aryl methyl sites for hydroxylation is 1. The van der Waals surface area contributed by atoms with Gasteiger partial charge in [0.1, 0.15) is 5.01 Å². The third kappa shape index (κ3) is 2.52. The highest BCUT2D eigenvalue weighted by molar-refractivity contribution is 7.10. The number of ketones is 1. The van der Waals surface area contributed by atoms with Gasteiger partial charge < -0.3 is 5.11 Å². The lowest BCUT2D eigenvalue weighted by Gasteiger charge is -2.36. The average Bonchev–Trinajstić information content (AvgIpc) is 3.18. The second kappa shape index (κ2) is 6.25. The van der Waals surface area contributed by atoms with Gasteiger partial charge >= 0.3 is 0 Å². The molecule has 0 saturated carbocycles. The molecule has 2 aromatic carbocycles. The molecule has 1 aliphatic carbocycles. The summed E-state index contributed by atoms with van der Waals surface area (Å²) in [6, 6.07) is 19.3. The van der Waals surface area contributed by atoms with Crippen molar-refractivity contribution in [2.24, 2.45) is 5.41 Å². The number of carbonyl (C=O) groups is 1. The van der Waals surface area contributed by atoms with Gasteiger partial charge in [-0.15, -0.1) is 11.3 Å². The zero-order valence-corrected chi connectivity index (χ0v) is 16.4. The highest BCUT2D eigenvalue weighted by atomic mass is 32.1. The van der Waals surface area contributed by atoms with Crippen molar-refractivity contribution in [3.8, 4) is 0 Å². The van der Waals surface area contributed by atoms with Crippen molar-refractivity contribution in [3.63, 3.8) is 0 Å². The van der Waals surface area contributed by atoms with E-state index in [2.05, 4.69) is 4.98 Å². The van der Waals surface area contributed by atoms with E-state index in [0.29, 0.717) is 16.2 Å². The lowest BCUT2D eigenvalue weighted by molar-refractivity contribution is -0.129. The fraction of sp³-hybridized carbons (Fsp3) is 0.217. The maximum atomic E-state index is 13.6. The number of aliphatic hydroxyl groups is 1. The van der Waals surface area contributed by atoms with E-state index in [9.17, 15) is 9.90 Å². The van der Waals surface area contributed by atoms with Gasteiger partial charge in [0.05, 0.1) is 5.41 Å². The molecule has 1 unspecified atom stereocenters. The van der Waals surface area contributed by atoms with Crippen molar-refractivity contribution in [1.82, 2.24) is 4.98 Å². The Kier molecular flexibility index (Phi) is 4.13. The van der Waals surface area contributed by atoms with Gasteiger partial charge in [-0.2, -0.15) is 0 Å². The summed E-state index contributed by atoms with van der Waals surface area (Å²) in [5.41, 5.74) is 1.18. The van der Waals surface area contributed by atoms with E-state index in [0.717, 1.165) is 16.8 Å². The molecular weight excluding hydrogens is 354 g/mol. The molecule has 0 saturated heterocycles. The molecule has 0 bridgehead atoms. The van der Waals surface area contributed by atoms with Crippen LogP contribution in [0, 0.1) is 12.3 Å². The summed E-state index contributed by atoms with van der Waals surface area (Å²) in [7, 11) is 0. The van der Waals surface area contributed by atoms with Gasteiger partial charge in [-0.25, -0.2) is 4.98 Å². The Balaban J connectivity index is 2.10. The number of benzene rings is 2. The maximum absolute atomic E-state index is 13.6. The average molecular weight is 375 g/mol. The van der Waals surface area contributed by atoms with E-state index < -0.39 is 11.0 Å². The first kappa shape index (κ1) is 17.8.